The number of rotatable bonds is 3. The van der Waals surface area contributed by atoms with E-state index >= 15 is 0 Å². The molecule has 7 nitrogen and oxygen atoms in total. The van der Waals surface area contributed by atoms with Crippen molar-refractivity contribution >= 4 is 11.6 Å². The maximum atomic E-state index is 5.30. The van der Waals surface area contributed by atoms with Gasteiger partial charge in [-0.3, -0.25) is 0 Å². The molecule has 1 aliphatic heterocycles. The van der Waals surface area contributed by atoms with Crippen molar-refractivity contribution in [3.8, 4) is 0 Å². The molecule has 0 spiro atoms. The Morgan fingerprint density at radius 3 is 3.05 bits per heavy atom. The summed E-state index contributed by atoms with van der Waals surface area (Å²) in [5, 5.41) is 6.91. The van der Waals surface area contributed by atoms with Crippen molar-refractivity contribution in [2.45, 2.75) is 25.7 Å². The number of piperidine rings is 1. The molecule has 1 saturated heterocycles. The monoisotopic (exact) mass is 274 g/mol. The van der Waals surface area contributed by atoms with E-state index in [-0.39, 0.29) is 5.92 Å². The van der Waals surface area contributed by atoms with Crippen LogP contribution in [-0.4, -0.2) is 40.2 Å². The van der Waals surface area contributed by atoms with Crippen LogP contribution in [0.3, 0.4) is 0 Å². The minimum atomic E-state index is 0.276. The average Bonchev–Trinajstić information content (AvgIpc) is 2.94. The van der Waals surface area contributed by atoms with Crippen molar-refractivity contribution in [3.05, 3.63) is 24.1 Å². The van der Waals surface area contributed by atoms with Crippen molar-refractivity contribution < 1.29 is 4.52 Å². The third kappa shape index (κ3) is 2.56. The Bertz CT molecular complexity index is 584. The van der Waals surface area contributed by atoms with Crippen LogP contribution in [0.25, 0.3) is 0 Å². The van der Waals surface area contributed by atoms with Crippen molar-refractivity contribution in [1.29, 1.82) is 0 Å². The largest absolute Gasteiger partial charge is 0.373 e. The van der Waals surface area contributed by atoms with Gasteiger partial charge in [0.05, 0.1) is 5.92 Å². The van der Waals surface area contributed by atoms with Gasteiger partial charge in [0, 0.05) is 26.2 Å². The highest BCUT2D eigenvalue weighted by Gasteiger charge is 2.26. The summed E-state index contributed by atoms with van der Waals surface area (Å²) in [7, 11) is 1.85. The predicted octanol–water partition coefficient (Wildman–Crippen LogP) is 1.59. The lowest BCUT2D eigenvalue weighted by molar-refractivity contribution is 0.331. The van der Waals surface area contributed by atoms with Crippen LogP contribution in [0.5, 0.6) is 0 Å². The Balaban J connectivity index is 1.77. The molecule has 0 aromatic carbocycles. The van der Waals surface area contributed by atoms with Crippen LogP contribution >= 0.6 is 0 Å². The average molecular weight is 274 g/mol. The fraction of sp³-hybridized carbons (Fsp3) is 0.538. The number of nitrogens with zero attached hydrogens (tertiary/aromatic N) is 5. The van der Waals surface area contributed by atoms with Crippen molar-refractivity contribution in [1.82, 2.24) is 20.1 Å². The lowest BCUT2D eigenvalue weighted by atomic mass is 9.98. The molecular weight excluding hydrogens is 256 g/mol. The van der Waals surface area contributed by atoms with E-state index < -0.39 is 0 Å². The fourth-order valence-electron chi connectivity index (χ4n) is 2.52. The van der Waals surface area contributed by atoms with Gasteiger partial charge < -0.3 is 14.7 Å². The molecular formula is C13H18N6O. The maximum Gasteiger partial charge on any atom is 0.231 e. The number of aromatic nitrogens is 4. The van der Waals surface area contributed by atoms with Crippen LogP contribution in [0.15, 0.2) is 16.9 Å². The van der Waals surface area contributed by atoms with Crippen LogP contribution < -0.4 is 10.2 Å². The van der Waals surface area contributed by atoms with Gasteiger partial charge in [-0.05, 0) is 19.8 Å². The second-order valence-corrected chi connectivity index (χ2v) is 4.98. The third-order valence-corrected chi connectivity index (χ3v) is 3.55. The van der Waals surface area contributed by atoms with Gasteiger partial charge in [0.25, 0.3) is 0 Å². The zero-order valence-electron chi connectivity index (χ0n) is 11.7. The van der Waals surface area contributed by atoms with E-state index in [4.69, 9.17) is 4.52 Å². The first-order valence-corrected chi connectivity index (χ1v) is 6.81. The summed E-state index contributed by atoms with van der Waals surface area (Å²) in [5.74, 6) is 3.46. The van der Waals surface area contributed by atoms with Gasteiger partial charge in [0.1, 0.15) is 18.0 Å². The summed E-state index contributed by atoms with van der Waals surface area (Å²) in [6.07, 6.45) is 3.74. The summed E-state index contributed by atoms with van der Waals surface area (Å²) in [4.78, 5) is 15.1. The minimum absolute atomic E-state index is 0.276. The Morgan fingerprint density at radius 2 is 2.30 bits per heavy atom. The lowest BCUT2D eigenvalue weighted by Gasteiger charge is -2.31. The van der Waals surface area contributed by atoms with E-state index in [2.05, 4.69) is 30.3 Å². The van der Waals surface area contributed by atoms with E-state index in [0.29, 0.717) is 5.82 Å². The van der Waals surface area contributed by atoms with E-state index in [1.54, 1.807) is 6.33 Å². The summed E-state index contributed by atoms with van der Waals surface area (Å²) in [5.41, 5.74) is 0. The molecule has 0 bridgehead atoms. The molecule has 0 aliphatic carbocycles. The summed E-state index contributed by atoms with van der Waals surface area (Å²) in [6.45, 7) is 3.68. The Labute approximate surface area is 117 Å². The lowest BCUT2D eigenvalue weighted by Crippen LogP contribution is -2.35. The molecule has 0 amide bonds. The summed E-state index contributed by atoms with van der Waals surface area (Å²) >= 11 is 0. The van der Waals surface area contributed by atoms with Crippen LogP contribution in [-0.2, 0) is 0 Å². The Hall–Kier alpha value is -2.18. The van der Waals surface area contributed by atoms with Crippen LogP contribution in [0.1, 0.15) is 30.5 Å². The topological polar surface area (TPSA) is 80.0 Å². The number of nitrogens with one attached hydrogen (secondary N) is 1. The molecule has 2 aromatic heterocycles. The standard InChI is InChI=1S/C13H18N6O/c1-9-17-13(20-18-9)10-4-3-5-19(7-10)12-6-11(14-2)15-8-16-12/h6,8,10H,3-5,7H2,1-2H3,(H,14,15,16). The molecule has 20 heavy (non-hydrogen) atoms. The molecule has 1 atom stereocenters. The van der Waals surface area contributed by atoms with Crippen LogP contribution in [0.2, 0.25) is 0 Å². The predicted molar refractivity (Wildman–Crippen MR) is 74.8 cm³/mol. The van der Waals surface area contributed by atoms with Crippen LogP contribution in [0.4, 0.5) is 11.6 Å². The first-order chi connectivity index (χ1) is 9.76. The van der Waals surface area contributed by atoms with Crippen molar-refractivity contribution in [3.63, 3.8) is 0 Å². The molecule has 1 N–H and O–H groups in total. The molecule has 7 heteroatoms. The molecule has 1 aliphatic rings. The molecule has 3 rings (SSSR count). The van der Waals surface area contributed by atoms with Crippen LogP contribution in [0, 0.1) is 6.92 Å². The van der Waals surface area contributed by atoms with Gasteiger partial charge >= 0.3 is 0 Å². The quantitative estimate of drug-likeness (QED) is 0.910. The molecule has 0 saturated carbocycles. The normalized spacial score (nSPS) is 19.1. The smallest absolute Gasteiger partial charge is 0.231 e. The summed E-state index contributed by atoms with van der Waals surface area (Å²) < 4.78 is 5.30. The SMILES string of the molecule is CNc1cc(N2CCCC(c3nc(C)no3)C2)ncn1. The zero-order chi connectivity index (χ0) is 13.9. The second kappa shape index (κ2) is 5.44. The number of aryl methyl sites for hydroxylation is 1. The van der Waals surface area contributed by atoms with Gasteiger partial charge in [-0.25, -0.2) is 9.97 Å². The maximum absolute atomic E-state index is 5.30. The Morgan fingerprint density at radius 1 is 1.40 bits per heavy atom. The highest BCUT2D eigenvalue weighted by atomic mass is 16.5. The van der Waals surface area contributed by atoms with Gasteiger partial charge in [-0.15, -0.1) is 0 Å². The van der Waals surface area contributed by atoms with E-state index in [9.17, 15) is 0 Å². The highest BCUT2D eigenvalue weighted by Crippen LogP contribution is 2.28. The first kappa shape index (κ1) is 12.8. The molecule has 106 valence electrons. The highest BCUT2D eigenvalue weighted by molar-refractivity contribution is 5.48. The van der Waals surface area contributed by atoms with Gasteiger partial charge in [-0.2, -0.15) is 4.98 Å². The van der Waals surface area contributed by atoms with E-state index in [1.165, 1.54) is 0 Å². The Kier molecular flexibility index (Phi) is 3.49. The minimum Gasteiger partial charge on any atom is -0.373 e. The van der Waals surface area contributed by atoms with E-state index in [1.807, 2.05) is 20.0 Å². The summed E-state index contributed by atoms with van der Waals surface area (Å²) in [6, 6.07) is 1.96. The number of hydrogen-bond donors (Lipinski definition) is 1. The molecule has 1 fully saturated rings. The fourth-order valence-corrected chi connectivity index (χ4v) is 2.52. The molecule has 0 radical (unpaired) electrons. The molecule has 1 unspecified atom stereocenters. The first-order valence-electron chi connectivity index (χ1n) is 6.81. The molecule has 2 aromatic rings. The number of anilines is 2. The third-order valence-electron chi connectivity index (χ3n) is 3.55. The number of hydrogen-bond acceptors (Lipinski definition) is 7. The molecule has 3 heterocycles. The van der Waals surface area contributed by atoms with Crippen molar-refractivity contribution in [2.24, 2.45) is 0 Å². The van der Waals surface area contributed by atoms with Gasteiger partial charge in [0.2, 0.25) is 5.89 Å². The van der Waals surface area contributed by atoms with Gasteiger partial charge in [0.15, 0.2) is 5.82 Å². The van der Waals surface area contributed by atoms with E-state index in [0.717, 1.165) is 43.5 Å². The van der Waals surface area contributed by atoms with Crippen molar-refractivity contribution in [2.75, 3.05) is 30.4 Å². The second-order valence-electron chi connectivity index (χ2n) is 4.98. The van der Waals surface area contributed by atoms with Gasteiger partial charge in [-0.1, -0.05) is 5.16 Å². The zero-order valence-corrected chi connectivity index (χ0v) is 11.7.